The third-order valence-corrected chi connectivity index (χ3v) is 2.85. The summed E-state index contributed by atoms with van der Waals surface area (Å²) >= 11 is 0. The van der Waals surface area contributed by atoms with Crippen molar-refractivity contribution in [3.8, 4) is 5.75 Å². The van der Waals surface area contributed by atoms with Gasteiger partial charge in [0.25, 0.3) is 0 Å². The van der Waals surface area contributed by atoms with Gasteiger partial charge in [0.2, 0.25) is 0 Å². The van der Waals surface area contributed by atoms with Crippen molar-refractivity contribution >= 4 is 11.8 Å². The quantitative estimate of drug-likeness (QED) is 0.535. The molecule has 1 aromatic rings. The average Bonchev–Trinajstić information content (AvgIpc) is 2.46. The van der Waals surface area contributed by atoms with Gasteiger partial charge in [-0.05, 0) is 18.6 Å². The fourth-order valence-corrected chi connectivity index (χ4v) is 1.73. The Bertz CT molecular complexity index is 400. The largest absolute Gasteiger partial charge is 0.486 e. The molecular weight excluding hydrogens is 244 g/mol. The molecule has 4 heteroatoms. The number of esters is 1. The lowest BCUT2D eigenvalue weighted by Crippen LogP contribution is -2.29. The van der Waals surface area contributed by atoms with Crippen LogP contribution in [0.2, 0.25) is 0 Å². The van der Waals surface area contributed by atoms with E-state index in [0.29, 0.717) is 12.2 Å². The molecule has 0 aliphatic heterocycles. The minimum absolute atomic E-state index is 0.104. The standard InChI is InChI=1S/C15H20O4/c1-3-4-10-13(15(17)18-2)14(16)11-19-12-8-6-5-7-9-12/h5-9,13H,3-4,10-11H2,1-2H3. The number of carbonyl (C=O) groups excluding carboxylic acids is 2. The Morgan fingerprint density at radius 1 is 1.21 bits per heavy atom. The Morgan fingerprint density at radius 2 is 1.89 bits per heavy atom. The fourth-order valence-electron chi connectivity index (χ4n) is 1.73. The van der Waals surface area contributed by atoms with E-state index >= 15 is 0 Å². The summed E-state index contributed by atoms with van der Waals surface area (Å²) in [7, 11) is 1.30. The number of ketones is 1. The van der Waals surface area contributed by atoms with Gasteiger partial charge >= 0.3 is 5.97 Å². The summed E-state index contributed by atoms with van der Waals surface area (Å²) in [4.78, 5) is 23.6. The monoisotopic (exact) mass is 264 g/mol. The maximum absolute atomic E-state index is 12.0. The van der Waals surface area contributed by atoms with Gasteiger partial charge in [-0.1, -0.05) is 38.0 Å². The molecule has 0 heterocycles. The van der Waals surface area contributed by atoms with E-state index < -0.39 is 11.9 Å². The summed E-state index contributed by atoms with van der Waals surface area (Å²) in [6, 6.07) is 9.06. The molecule has 0 amide bonds. The van der Waals surface area contributed by atoms with Crippen molar-refractivity contribution in [3.63, 3.8) is 0 Å². The van der Waals surface area contributed by atoms with Gasteiger partial charge in [-0.3, -0.25) is 9.59 Å². The Morgan fingerprint density at radius 3 is 2.47 bits per heavy atom. The Balaban J connectivity index is 2.54. The van der Waals surface area contributed by atoms with Gasteiger partial charge < -0.3 is 9.47 Å². The van der Waals surface area contributed by atoms with Crippen molar-refractivity contribution in [2.75, 3.05) is 13.7 Å². The Hall–Kier alpha value is -1.84. The second kappa shape index (κ2) is 8.29. The Kier molecular flexibility index (Phi) is 6.64. The van der Waals surface area contributed by atoms with Gasteiger partial charge in [0, 0.05) is 0 Å². The van der Waals surface area contributed by atoms with Crippen LogP contribution >= 0.6 is 0 Å². The molecule has 0 radical (unpaired) electrons. The van der Waals surface area contributed by atoms with Crippen molar-refractivity contribution in [1.82, 2.24) is 0 Å². The van der Waals surface area contributed by atoms with E-state index in [1.165, 1.54) is 7.11 Å². The van der Waals surface area contributed by atoms with Crippen LogP contribution in [0, 0.1) is 5.92 Å². The minimum atomic E-state index is -0.714. The zero-order valence-electron chi connectivity index (χ0n) is 11.4. The lowest BCUT2D eigenvalue weighted by atomic mass is 9.98. The van der Waals surface area contributed by atoms with Gasteiger partial charge in [-0.2, -0.15) is 0 Å². The number of unbranched alkanes of at least 4 members (excludes halogenated alkanes) is 1. The molecular formula is C15H20O4. The molecule has 0 fully saturated rings. The van der Waals surface area contributed by atoms with Crippen LogP contribution in [0.25, 0.3) is 0 Å². The van der Waals surface area contributed by atoms with E-state index in [9.17, 15) is 9.59 Å². The van der Waals surface area contributed by atoms with Crippen molar-refractivity contribution in [3.05, 3.63) is 30.3 Å². The smallest absolute Gasteiger partial charge is 0.316 e. The lowest BCUT2D eigenvalue weighted by molar-refractivity contribution is -0.150. The molecule has 1 aromatic carbocycles. The van der Waals surface area contributed by atoms with Crippen LogP contribution in [0.3, 0.4) is 0 Å². The predicted octanol–water partition coefficient (Wildman–Crippen LogP) is 2.61. The number of methoxy groups -OCH3 is 1. The van der Waals surface area contributed by atoms with Gasteiger partial charge in [-0.25, -0.2) is 0 Å². The van der Waals surface area contributed by atoms with Crippen LogP contribution < -0.4 is 4.74 Å². The van der Waals surface area contributed by atoms with E-state index in [4.69, 9.17) is 4.74 Å². The third-order valence-electron chi connectivity index (χ3n) is 2.85. The second-order valence-electron chi connectivity index (χ2n) is 4.29. The van der Waals surface area contributed by atoms with E-state index in [0.717, 1.165) is 12.8 Å². The normalized spacial score (nSPS) is 11.7. The number of carbonyl (C=O) groups is 2. The molecule has 1 unspecified atom stereocenters. The molecule has 0 aliphatic rings. The average molecular weight is 264 g/mol. The molecule has 0 saturated carbocycles. The van der Waals surface area contributed by atoms with Crippen molar-refractivity contribution in [1.29, 1.82) is 0 Å². The SMILES string of the molecule is CCCCC(C(=O)COc1ccccc1)C(=O)OC. The van der Waals surface area contributed by atoms with E-state index in [1.54, 1.807) is 12.1 Å². The molecule has 0 spiro atoms. The number of rotatable bonds is 8. The van der Waals surface area contributed by atoms with Crippen LogP contribution in [0.4, 0.5) is 0 Å². The molecule has 0 bridgehead atoms. The zero-order valence-corrected chi connectivity index (χ0v) is 11.4. The van der Waals surface area contributed by atoms with E-state index in [1.807, 2.05) is 25.1 Å². The number of ether oxygens (including phenoxy) is 2. The summed E-state index contributed by atoms with van der Waals surface area (Å²) in [5, 5.41) is 0. The van der Waals surface area contributed by atoms with Gasteiger partial charge in [0.05, 0.1) is 7.11 Å². The highest BCUT2D eigenvalue weighted by Gasteiger charge is 2.27. The number of hydrogen-bond donors (Lipinski definition) is 0. The molecule has 19 heavy (non-hydrogen) atoms. The van der Waals surface area contributed by atoms with Gasteiger partial charge in [0.15, 0.2) is 5.78 Å². The number of hydrogen-bond acceptors (Lipinski definition) is 4. The number of benzene rings is 1. The van der Waals surface area contributed by atoms with Crippen LogP contribution in [0.5, 0.6) is 5.75 Å². The maximum atomic E-state index is 12.0. The van der Waals surface area contributed by atoms with E-state index in [-0.39, 0.29) is 12.4 Å². The summed E-state index contributed by atoms with van der Waals surface area (Å²) in [5.41, 5.74) is 0. The summed E-state index contributed by atoms with van der Waals surface area (Å²) in [6.07, 6.45) is 2.26. The highest BCUT2D eigenvalue weighted by Crippen LogP contribution is 2.14. The number of Topliss-reactive ketones (excluding diaryl/α,β-unsaturated/α-hetero) is 1. The molecule has 0 aliphatic carbocycles. The second-order valence-corrected chi connectivity index (χ2v) is 4.29. The lowest BCUT2D eigenvalue weighted by Gasteiger charge is -2.13. The topological polar surface area (TPSA) is 52.6 Å². The molecule has 0 saturated heterocycles. The third kappa shape index (κ3) is 5.12. The molecule has 0 N–H and O–H groups in total. The first kappa shape index (κ1) is 15.2. The van der Waals surface area contributed by atoms with Crippen LogP contribution in [-0.2, 0) is 14.3 Å². The highest BCUT2D eigenvalue weighted by atomic mass is 16.5. The molecule has 1 rings (SSSR count). The highest BCUT2D eigenvalue weighted by molar-refractivity contribution is 5.99. The molecule has 0 aromatic heterocycles. The number of para-hydroxylation sites is 1. The van der Waals surface area contributed by atoms with Gasteiger partial charge in [0.1, 0.15) is 18.3 Å². The van der Waals surface area contributed by atoms with Crippen LogP contribution in [0.1, 0.15) is 26.2 Å². The first-order valence-electron chi connectivity index (χ1n) is 6.47. The predicted molar refractivity (Wildman–Crippen MR) is 72.0 cm³/mol. The van der Waals surface area contributed by atoms with Crippen LogP contribution in [0.15, 0.2) is 30.3 Å². The summed E-state index contributed by atoms with van der Waals surface area (Å²) in [6.45, 7) is 1.91. The van der Waals surface area contributed by atoms with Crippen molar-refractivity contribution in [2.45, 2.75) is 26.2 Å². The van der Waals surface area contributed by atoms with Crippen LogP contribution in [-0.4, -0.2) is 25.5 Å². The summed E-state index contributed by atoms with van der Waals surface area (Å²) < 4.78 is 10.0. The minimum Gasteiger partial charge on any atom is -0.486 e. The first-order valence-corrected chi connectivity index (χ1v) is 6.47. The maximum Gasteiger partial charge on any atom is 0.316 e. The van der Waals surface area contributed by atoms with Crippen molar-refractivity contribution in [2.24, 2.45) is 5.92 Å². The molecule has 4 nitrogen and oxygen atoms in total. The van der Waals surface area contributed by atoms with Crippen molar-refractivity contribution < 1.29 is 19.1 Å². The first-order chi connectivity index (χ1) is 9.19. The zero-order chi connectivity index (χ0) is 14.1. The fraction of sp³-hybridized carbons (Fsp3) is 0.467. The summed E-state index contributed by atoms with van der Waals surface area (Å²) in [5.74, 6) is -0.803. The molecule has 104 valence electrons. The van der Waals surface area contributed by atoms with E-state index in [2.05, 4.69) is 4.74 Å². The molecule has 1 atom stereocenters. The van der Waals surface area contributed by atoms with Gasteiger partial charge in [-0.15, -0.1) is 0 Å². The Labute approximate surface area is 113 Å².